The number of nitrogens with zero attached hydrogens (tertiary/aromatic N) is 5. The van der Waals surface area contributed by atoms with E-state index in [1.54, 1.807) is 6.07 Å². The summed E-state index contributed by atoms with van der Waals surface area (Å²) in [7, 11) is 0. The van der Waals surface area contributed by atoms with E-state index in [4.69, 9.17) is 9.26 Å². The molecule has 2 aromatic rings. The lowest BCUT2D eigenvalue weighted by Crippen LogP contribution is -2.53. The number of rotatable bonds is 3. The van der Waals surface area contributed by atoms with Crippen molar-refractivity contribution >= 4 is 11.8 Å². The van der Waals surface area contributed by atoms with Gasteiger partial charge >= 0.3 is 0 Å². The number of halogens is 1. The van der Waals surface area contributed by atoms with Gasteiger partial charge in [-0.1, -0.05) is 5.16 Å². The minimum atomic E-state index is -0.798. The Labute approximate surface area is 156 Å². The van der Waals surface area contributed by atoms with Gasteiger partial charge in [0.15, 0.2) is 5.82 Å². The first-order chi connectivity index (χ1) is 12.9. The lowest BCUT2D eigenvalue weighted by molar-refractivity contribution is 0.0980. The van der Waals surface area contributed by atoms with Gasteiger partial charge in [-0.05, 0) is 27.2 Å². The summed E-state index contributed by atoms with van der Waals surface area (Å²) in [6.07, 6.45) is 2.21. The molecule has 1 atom stereocenters. The van der Waals surface area contributed by atoms with E-state index in [2.05, 4.69) is 24.0 Å². The van der Waals surface area contributed by atoms with Crippen LogP contribution < -0.4 is 15.4 Å². The van der Waals surface area contributed by atoms with Crippen molar-refractivity contribution in [2.45, 2.75) is 51.9 Å². The Morgan fingerprint density at radius 2 is 2.19 bits per heavy atom. The second-order valence-corrected chi connectivity index (χ2v) is 7.76. The zero-order chi connectivity index (χ0) is 19.2. The molecule has 2 aliphatic heterocycles. The van der Waals surface area contributed by atoms with Crippen LogP contribution >= 0.6 is 0 Å². The van der Waals surface area contributed by atoms with Gasteiger partial charge in [0.2, 0.25) is 11.8 Å². The van der Waals surface area contributed by atoms with Gasteiger partial charge in [-0.15, -0.1) is 0 Å². The Hall–Kier alpha value is -2.42. The van der Waals surface area contributed by atoms with E-state index >= 15 is 0 Å². The average molecular weight is 377 g/mol. The van der Waals surface area contributed by atoms with Crippen LogP contribution in [0.5, 0.6) is 0 Å². The molecule has 4 rings (SSSR count). The summed E-state index contributed by atoms with van der Waals surface area (Å²) < 4.78 is 26.7. The molecule has 0 bridgehead atoms. The molecular formula is C18H24FN5O3. The SMILES string of the molecule is C[C@@H]1COCCN1c1nc2n(c(=O)c1F)CCC(C)(C)N2Cc1ccon1. The minimum absolute atomic E-state index is 0.0520. The van der Waals surface area contributed by atoms with Gasteiger partial charge in [-0.2, -0.15) is 9.37 Å². The molecule has 2 aromatic heterocycles. The predicted octanol–water partition coefficient (Wildman–Crippen LogP) is 1.78. The summed E-state index contributed by atoms with van der Waals surface area (Å²) >= 11 is 0. The molecule has 146 valence electrons. The van der Waals surface area contributed by atoms with Crippen molar-refractivity contribution in [3.05, 3.63) is 34.2 Å². The van der Waals surface area contributed by atoms with Gasteiger partial charge in [0, 0.05) is 24.7 Å². The maximum Gasteiger partial charge on any atom is 0.293 e. The highest BCUT2D eigenvalue weighted by atomic mass is 19.1. The largest absolute Gasteiger partial charge is 0.377 e. The molecule has 1 fully saturated rings. The molecule has 27 heavy (non-hydrogen) atoms. The zero-order valence-electron chi connectivity index (χ0n) is 15.8. The van der Waals surface area contributed by atoms with Crippen molar-refractivity contribution in [1.82, 2.24) is 14.7 Å². The normalized spacial score (nSPS) is 22.0. The van der Waals surface area contributed by atoms with Gasteiger partial charge in [0.05, 0.1) is 25.8 Å². The predicted molar refractivity (Wildman–Crippen MR) is 97.5 cm³/mol. The fourth-order valence-corrected chi connectivity index (χ4v) is 3.71. The third-order valence-electron chi connectivity index (χ3n) is 5.45. The Kier molecular flexibility index (Phi) is 4.41. The first-order valence-corrected chi connectivity index (χ1v) is 9.20. The molecule has 0 radical (unpaired) electrons. The highest BCUT2D eigenvalue weighted by Gasteiger charge is 2.37. The fraction of sp³-hybridized carbons (Fsp3) is 0.611. The van der Waals surface area contributed by atoms with Gasteiger partial charge in [0.25, 0.3) is 5.56 Å². The highest BCUT2D eigenvalue weighted by Crippen LogP contribution is 2.33. The topological polar surface area (TPSA) is 76.6 Å². The first kappa shape index (κ1) is 18.0. The monoisotopic (exact) mass is 377 g/mol. The van der Waals surface area contributed by atoms with E-state index in [1.807, 2.05) is 16.7 Å². The smallest absolute Gasteiger partial charge is 0.293 e. The third kappa shape index (κ3) is 3.09. The number of hydrogen-bond acceptors (Lipinski definition) is 7. The Bertz CT molecular complexity index is 880. The van der Waals surface area contributed by atoms with Crippen LogP contribution in [0.4, 0.5) is 16.2 Å². The summed E-state index contributed by atoms with van der Waals surface area (Å²) in [5, 5.41) is 3.98. The minimum Gasteiger partial charge on any atom is -0.377 e. The summed E-state index contributed by atoms with van der Waals surface area (Å²) in [4.78, 5) is 21.2. The maximum atomic E-state index is 14.9. The number of aromatic nitrogens is 3. The summed E-state index contributed by atoms with van der Waals surface area (Å²) in [6.45, 7) is 8.44. The molecule has 2 aliphatic rings. The van der Waals surface area contributed by atoms with Crippen LogP contribution in [0.25, 0.3) is 0 Å². The molecule has 0 unspecified atom stereocenters. The molecule has 1 saturated heterocycles. The van der Waals surface area contributed by atoms with Crippen molar-refractivity contribution < 1.29 is 13.7 Å². The van der Waals surface area contributed by atoms with Crippen LogP contribution in [0.3, 0.4) is 0 Å². The number of ether oxygens (including phenoxy) is 1. The quantitative estimate of drug-likeness (QED) is 0.807. The molecule has 9 heteroatoms. The van der Waals surface area contributed by atoms with E-state index in [1.165, 1.54) is 10.8 Å². The molecule has 0 aromatic carbocycles. The van der Waals surface area contributed by atoms with Crippen LogP contribution in [0.2, 0.25) is 0 Å². The second kappa shape index (κ2) is 6.63. The van der Waals surface area contributed by atoms with Crippen LogP contribution in [0.1, 0.15) is 32.9 Å². The maximum absolute atomic E-state index is 14.9. The molecule has 0 amide bonds. The lowest BCUT2D eigenvalue weighted by Gasteiger charge is -2.44. The molecule has 0 aliphatic carbocycles. The summed E-state index contributed by atoms with van der Waals surface area (Å²) in [5.41, 5.74) is -0.157. The number of fused-ring (bicyclic) bond motifs is 1. The average Bonchev–Trinajstić information content (AvgIpc) is 3.14. The van der Waals surface area contributed by atoms with Gasteiger partial charge in [-0.25, -0.2) is 0 Å². The number of hydrogen-bond donors (Lipinski definition) is 0. The summed E-state index contributed by atoms with van der Waals surface area (Å²) in [5.74, 6) is -0.229. The molecule has 0 spiro atoms. The van der Waals surface area contributed by atoms with Crippen molar-refractivity contribution in [3.63, 3.8) is 0 Å². The van der Waals surface area contributed by atoms with E-state index in [0.717, 1.165) is 5.69 Å². The van der Waals surface area contributed by atoms with Gasteiger partial charge in [0.1, 0.15) is 12.0 Å². The van der Waals surface area contributed by atoms with Gasteiger partial charge < -0.3 is 19.1 Å². The molecule has 8 nitrogen and oxygen atoms in total. The van der Waals surface area contributed by atoms with Crippen molar-refractivity contribution in [2.24, 2.45) is 0 Å². The van der Waals surface area contributed by atoms with Crippen LogP contribution in [-0.4, -0.2) is 46.0 Å². The number of morpholine rings is 1. The van der Waals surface area contributed by atoms with Crippen LogP contribution in [-0.2, 0) is 17.8 Å². The zero-order valence-corrected chi connectivity index (χ0v) is 15.8. The van der Waals surface area contributed by atoms with E-state index in [9.17, 15) is 9.18 Å². The van der Waals surface area contributed by atoms with E-state index < -0.39 is 11.4 Å². The van der Waals surface area contributed by atoms with E-state index in [0.29, 0.717) is 45.2 Å². The standard InChI is InChI=1S/C18H24FN5O3/c1-12-11-26-9-7-22(12)15-14(19)16(25)23-6-5-18(2,3)24(17(23)20-15)10-13-4-8-27-21-13/h4,8,12H,5-7,9-11H2,1-3H3/t12-/m1/s1. The molecular weight excluding hydrogens is 353 g/mol. The Balaban J connectivity index is 1.82. The van der Waals surface area contributed by atoms with Gasteiger partial charge in [-0.3, -0.25) is 9.36 Å². The second-order valence-electron chi connectivity index (χ2n) is 7.76. The fourth-order valence-electron chi connectivity index (χ4n) is 3.71. The van der Waals surface area contributed by atoms with Crippen LogP contribution in [0.15, 0.2) is 21.6 Å². The van der Waals surface area contributed by atoms with Crippen molar-refractivity contribution in [2.75, 3.05) is 29.6 Å². The summed E-state index contributed by atoms with van der Waals surface area (Å²) in [6, 6.07) is 1.73. The van der Waals surface area contributed by atoms with E-state index in [-0.39, 0.29) is 17.4 Å². The highest BCUT2D eigenvalue weighted by molar-refractivity contribution is 5.49. The Morgan fingerprint density at radius 1 is 1.37 bits per heavy atom. The lowest BCUT2D eigenvalue weighted by atomic mass is 9.96. The van der Waals surface area contributed by atoms with Crippen LogP contribution in [0, 0.1) is 5.82 Å². The first-order valence-electron chi connectivity index (χ1n) is 9.20. The molecule has 4 heterocycles. The van der Waals surface area contributed by atoms with Crippen molar-refractivity contribution in [3.8, 4) is 0 Å². The third-order valence-corrected chi connectivity index (χ3v) is 5.45. The Morgan fingerprint density at radius 3 is 2.89 bits per heavy atom. The molecule has 0 N–H and O–H groups in total. The van der Waals surface area contributed by atoms with Crippen molar-refractivity contribution in [1.29, 1.82) is 0 Å². The molecule has 0 saturated carbocycles. The number of anilines is 2.